The van der Waals surface area contributed by atoms with Crippen LogP contribution in [0.15, 0.2) is 18.2 Å². The van der Waals surface area contributed by atoms with Crippen LogP contribution in [0.5, 0.6) is 0 Å². The number of nitrogens with two attached hydrogens (primary N) is 1. The molecule has 1 aromatic carbocycles. The minimum Gasteiger partial charge on any atom is -0.481 e. The smallest absolute Gasteiger partial charge is 0.315 e. The van der Waals surface area contributed by atoms with E-state index in [0.717, 1.165) is 0 Å². The molecule has 0 fully saturated rings. The SMILES string of the molecule is CC(C)(C)OC(=O)C(c1ccc(Cl)c(Cl)c1)C(N)CC(=O)O. The van der Waals surface area contributed by atoms with Crippen LogP contribution in [-0.2, 0) is 14.3 Å². The normalized spacial score (nSPS) is 14.3. The van der Waals surface area contributed by atoms with Crippen LogP contribution < -0.4 is 5.73 Å². The second kappa shape index (κ2) is 7.31. The molecule has 0 amide bonds. The van der Waals surface area contributed by atoms with Crippen molar-refractivity contribution >= 4 is 35.1 Å². The number of carbonyl (C=O) groups is 2. The zero-order valence-electron chi connectivity index (χ0n) is 12.6. The zero-order chi connectivity index (χ0) is 17.1. The molecule has 0 aliphatic carbocycles. The van der Waals surface area contributed by atoms with Gasteiger partial charge >= 0.3 is 11.9 Å². The number of esters is 1. The summed E-state index contributed by atoms with van der Waals surface area (Å²) in [7, 11) is 0. The van der Waals surface area contributed by atoms with Gasteiger partial charge in [-0.2, -0.15) is 0 Å². The van der Waals surface area contributed by atoms with Gasteiger partial charge in [0.15, 0.2) is 0 Å². The summed E-state index contributed by atoms with van der Waals surface area (Å²) in [5.41, 5.74) is 5.66. The van der Waals surface area contributed by atoms with Gasteiger partial charge in [0.25, 0.3) is 0 Å². The van der Waals surface area contributed by atoms with Crippen molar-refractivity contribution in [2.45, 2.75) is 44.8 Å². The first-order valence-corrected chi connectivity index (χ1v) is 7.42. The predicted octanol–water partition coefficient (Wildman–Crippen LogP) is 3.22. The number of aliphatic carboxylic acids is 1. The number of benzene rings is 1. The van der Waals surface area contributed by atoms with Crippen molar-refractivity contribution in [3.8, 4) is 0 Å². The molecule has 7 heteroatoms. The number of carboxylic acids is 1. The number of carboxylic acid groups (broad SMARTS) is 1. The van der Waals surface area contributed by atoms with Gasteiger partial charge in [-0.05, 0) is 38.5 Å². The molecule has 0 saturated carbocycles. The Morgan fingerprint density at radius 2 is 1.86 bits per heavy atom. The highest BCUT2D eigenvalue weighted by Crippen LogP contribution is 2.30. The Hall–Kier alpha value is -1.30. The van der Waals surface area contributed by atoms with E-state index in [4.69, 9.17) is 38.8 Å². The quantitative estimate of drug-likeness (QED) is 0.798. The molecule has 1 rings (SSSR count). The molecule has 0 spiro atoms. The first-order chi connectivity index (χ1) is 10.0. The highest BCUT2D eigenvalue weighted by atomic mass is 35.5. The summed E-state index contributed by atoms with van der Waals surface area (Å²) in [6.45, 7) is 5.17. The van der Waals surface area contributed by atoms with Gasteiger partial charge in [-0.15, -0.1) is 0 Å². The second-order valence-electron chi connectivity index (χ2n) is 5.95. The fourth-order valence-electron chi connectivity index (χ4n) is 1.95. The van der Waals surface area contributed by atoms with Gasteiger partial charge in [0.2, 0.25) is 0 Å². The van der Waals surface area contributed by atoms with Crippen LogP contribution in [0.25, 0.3) is 0 Å². The maximum absolute atomic E-state index is 12.4. The predicted molar refractivity (Wildman–Crippen MR) is 85.3 cm³/mol. The Bertz CT molecular complexity index is 569. The molecule has 0 aliphatic rings. The number of halogens is 2. The number of carbonyl (C=O) groups excluding carboxylic acids is 1. The van der Waals surface area contributed by atoms with Crippen molar-refractivity contribution in [3.63, 3.8) is 0 Å². The van der Waals surface area contributed by atoms with E-state index in [1.807, 2.05) is 0 Å². The summed E-state index contributed by atoms with van der Waals surface area (Å²) in [5.74, 6) is -2.63. The molecule has 0 bridgehead atoms. The monoisotopic (exact) mass is 347 g/mol. The number of rotatable bonds is 5. The minimum absolute atomic E-state index is 0.259. The van der Waals surface area contributed by atoms with E-state index in [1.165, 1.54) is 12.1 Å². The Morgan fingerprint density at radius 1 is 1.27 bits per heavy atom. The molecule has 0 saturated heterocycles. The molecule has 0 radical (unpaired) electrons. The highest BCUT2D eigenvalue weighted by molar-refractivity contribution is 6.42. The minimum atomic E-state index is -1.10. The van der Waals surface area contributed by atoms with Crippen LogP contribution in [0.2, 0.25) is 10.0 Å². The maximum Gasteiger partial charge on any atom is 0.315 e. The van der Waals surface area contributed by atoms with E-state index in [1.54, 1.807) is 26.8 Å². The molecule has 0 aromatic heterocycles. The molecule has 122 valence electrons. The van der Waals surface area contributed by atoms with E-state index < -0.39 is 29.5 Å². The topological polar surface area (TPSA) is 89.6 Å². The van der Waals surface area contributed by atoms with Crippen LogP contribution in [0.3, 0.4) is 0 Å². The lowest BCUT2D eigenvalue weighted by Crippen LogP contribution is -2.39. The van der Waals surface area contributed by atoms with Gasteiger partial charge in [0, 0.05) is 6.04 Å². The summed E-state index contributed by atoms with van der Waals surface area (Å²) in [4.78, 5) is 23.3. The first-order valence-electron chi connectivity index (χ1n) is 6.66. The van der Waals surface area contributed by atoms with E-state index in [0.29, 0.717) is 10.6 Å². The average molecular weight is 348 g/mol. The molecule has 22 heavy (non-hydrogen) atoms. The van der Waals surface area contributed by atoms with Gasteiger partial charge in [-0.1, -0.05) is 29.3 Å². The Balaban J connectivity index is 3.17. The summed E-state index contributed by atoms with van der Waals surface area (Å²) in [6, 6.07) is 3.68. The molecular formula is C15H19Cl2NO4. The fraction of sp³-hybridized carbons (Fsp3) is 0.467. The Morgan fingerprint density at radius 3 is 2.32 bits per heavy atom. The third-order valence-electron chi connectivity index (χ3n) is 2.80. The number of ether oxygens (including phenoxy) is 1. The van der Waals surface area contributed by atoms with Crippen molar-refractivity contribution in [1.82, 2.24) is 0 Å². The van der Waals surface area contributed by atoms with E-state index in [2.05, 4.69) is 0 Å². The number of hydrogen-bond acceptors (Lipinski definition) is 4. The van der Waals surface area contributed by atoms with Gasteiger partial charge in [0.05, 0.1) is 22.4 Å². The standard InChI is InChI=1S/C15H19Cl2NO4/c1-15(2,3)22-14(21)13(11(18)7-12(19)20)8-4-5-9(16)10(17)6-8/h4-6,11,13H,7,18H2,1-3H3,(H,19,20). The summed E-state index contributed by atoms with van der Waals surface area (Å²) >= 11 is 11.8. The second-order valence-corrected chi connectivity index (χ2v) is 6.76. The van der Waals surface area contributed by atoms with Gasteiger partial charge in [0.1, 0.15) is 5.60 Å². The molecule has 2 atom stereocenters. The van der Waals surface area contributed by atoms with Crippen LogP contribution in [0.4, 0.5) is 0 Å². The first kappa shape index (κ1) is 18.7. The third kappa shape index (κ3) is 5.48. The lowest BCUT2D eigenvalue weighted by molar-refractivity contribution is -0.157. The Kier molecular flexibility index (Phi) is 6.23. The van der Waals surface area contributed by atoms with E-state index in [-0.39, 0.29) is 11.4 Å². The maximum atomic E-state index is 12.4. The largest absolute Gasteiger partial charge is 0.481 e. The van der Waals surface area contributed by atoms with Gasteiger partial charge in [-0.25, -0.2) is 0 Å². The van der Waals surface area contributed by atoms with Crippen LogP contribution in [-0.4, -0.2) is 28.7 Å². The van der Waals surface area contributed by atoms with E-state index >= 15 is 0 Å². The van der Waals surface area contributed by atoms with E-state index in [9.17, 15) is 9.59 Å². The molecule has 5 nitrogen and oxygen atoms in total. The average Bonchev–Trinajstić information content (AvgIpc) is 2.30. The van der Waals surface area contributed by atoms with Crippen LogP contribution >= 0.6 is 23.2 Å². The zero-order valence-corrected chi connectivity index (χ0v) is 14.1. The molecule has 1 aromatic rings. The molecule has 0 aliphatic heterocycles. The van der Waals surface area contributed by atoms with Crippen molar-refractivity contribution in [2.24, 2.45) is 5.73 Å². The Labute approximate surface area is 139 Å². The molecule has 3 N–H and O–H groups in total. The lowest BCUT2D eigenvalue weighted by atomic mass is 9.90. The van der Waals surface area contributed by atoms with Crippen molar-refractivity contribution in [2.75, 3.05) is 0 Å². The third-order valence-corrected chi connectivity index (χ3v) is 3.54. The summed E-state index contributed by atoms with van der Waals surface area (Å²) < 4.78 is 5.34. The van der Waals surface area contributed by atoms with Gasteiger partial charge in [-0.3, -0.25) is 9.59 Å². The van der Waals surface area contributed by atoms with Gasteiger partial charge < -0.3 is 15.6 Å². The lowest BCUT2D eigenvalue weighted by Gasteiger charge is -2.27. The number of hydrogen-bond donors (Lipinski definition) is 2. The van der Waals surface area contributed by atoms with Crippen molar-refractivity contribution < 1.29 is 19.4 Å². The molecule has 0 heterocycles. The van der Waals surface area contributed by atoms with Crippen molar-refractivity contribution in [1.29, 1.82) is 0 Å². The summed E-state index contributed by atoms with van der Waals surface area (Å²) in [5, 5.41) is 9.51. The summed E-state index contributed by atoms with van der Waals surface area (Å²) in [6.07, 6.45) is -0.371. The molecule has 2 unspecified atom stereocenters. The molecular weight excluding hydrogens is 329 g/mol. The fourth-order valence-corrected chi connectivity index (χ4v) is 2.26. The van der Waals surface area contributed by atoms with Crippen LogP contribution in [0, 0.1) is 0 Å². The van der Waals surface area contributed by atoms with Crippen molar-refractivity contribution in [3.05, 3.63) is 33.8 Å². The highest BCUT2D eigenvalue weighted by Gasteiger charge is 2.33. The van der Waals surface area contributed by atoms with Crippen LogP contribution in [0.1, 0.15) is 38.7 Å².